The predicted octanol–water partition coefficient (Wildman–Crippen LogP) is 15.7. The second-order valence-electron chi connectivity index (χ2n) is 28.0. The van der Waals surface area contributed by atoms with E-state index in [0.29, 0.717) is 49.2 Å². The second-order valence-corrected chi connectivity index (χ2v) is 28.0. The molecule has 8 nitrogen and oxygen atoms in total. The van der Waals surface area contributed by atoms with Crippen LogP contribution >= 0.6 is 0 Å². The van der Waals surface area contributed by atoms with Crippen LogP contribution in [0, 0.1) is 0 Å². The standard InChI is InChI=1S/2C32H48N2O2/c2*1-29(2,3)23-15-21(27(35)25(17-23)31(7,8)9)19-33-13-14-34-20-22-16-24(30(4,5)6)18-26(28(22)36)32(10,11)12/h2*15-20,35-36H,13-14H2,1-12H3. The molecule has 0 heterocycles. The molecule has 0 aromatic heterocycles. The topological polar surface area (TPSA) is 130 Å². The van der Waals surface area contributed by atoms with E-state index in [1.165, 1.54) is 22.3 Å². The molecule has 4 aromatic carbocycles. The van der Waals surface area contributed by atoms with Crippen LogP contribution < -0.4 is 0 Å². The fourth-order valence-electron chi connectivity index (χ4n) is 7.92. The van der Waals surface area contributed by atoms with Crippen molar-refractivity contribution >= 4 is 24.9 Å². The van der Waals surface area contributed by atoms with Crippen LogP contribution in [0.25, 0.3) is 0 Å². The van der Waals surface area contributed by atoms with Crippen LogP contribution in [0.4, 0.5) is 0 Å². The Kier molecular flexibility index (Phi) is 19.1. The molecule has 72 heavy (non-hydrogen) atoms. The molecule has 8 heteroatoms. The Morgan fingerprint density at radius 1 is 0.264 bits per heavy atom. The molecule has 0 aliphatic carbocycles. The van der Waals surface area contributed by atoms with Crippen LogP contribution in [0.15, 0.2) is 68.5 Å². The summed E-state index contributed by atoms with van der Waals surface area (Å²) in [6, 6.07) is 16.6. The highest BCUT2D eigenvalue weighted by Crippen LogP contribution is 2.41. The smallest absolute Gasteiger partial charge is 0.128 e. The first-order chi connectivity index (χ1) is 32.5. The minimum atomic E-state index is -0.173. The van der Waals surface area contributed by atoms with Gasteiger partial charge in [0.2, 0.25) is 0 Å². The largest absolute Gasteiger partial charge is 0.507 e. The van der Waals surface area contributed by atoms with Crippen molar-refractivity contribution in [3.8, 4) is 23.0 Å². The molecule has 0 unspecified atom stereocenters. The lowest BCUT2D eigenvalue weighted by atomic mass is 9.79. The fourth-order valence-corrected chi connectivity index (χ4v) is 7.92. The van der Waals surface area contributed by atoms with Gasteiger partial charge in [-0.3, -0.25) is 20.0 Å². The number of nitrogens with zero attached hydrogens (tertiary/aromatic N) is 4. The van der Waals surface area contributed by atoms with E-state index in [0.717, 1.165) is 44.5 Å². The molecular formula is C64H96N4O4. The Hall–Kier alpha value is -5.24. The van der Waals surface area contributed by atoms with Crippen molar-refractivity contribution in [2.24, 2.45) is 20.0 Å². The van der Waals surface area contributed by atoms with E-state index < -0.39 is 0 Å². The van der Waals surface area contributed by atoms with Crippen molar-refractivity contribution in [3.05, 3.63) is 115 Å². The molecule has 0 saturated heterocycles. The van der Waals surface area contributed by atoms with Gasteiger partial charge in [0.25, 0.3) is 0 Å². The van der Waals surface area contributed by atoms with Crippen molar-refractivity contribution in [3.63, 3.8) is 0 Å². The van der Waals surface area contributed by atoms with E-state index in [4.69, 9.17) is 0 Å². The normalized spacial score (nSPS) is 13.8. The van der Waals surface area contributed by atoms with Crippen LogP contribution in [0.5, 0.6) is 23.0 Å². The highest BCUT2D eigenvalue weighted by Gasteiger charge is 2.28. The van der Waals surface area contributed by atoms with Gasteiger partial charge in [-0.1, -0.05) is 190 Å². The summed E-state index contributed by atoms with van der Waals surface area (Å²) in [5.41, 5.74) is 10.5. The molecule has 4 aromatic rings. The summed E-state index contributed by atoms with van der Waals surface area (Å²) >= 11 is 0. The fraction of sp³-hybridized carbons (Fsp3) is 0.562. The predicted molar refractivity (Wildman–Crippen MR) is 312 cm³/mol. The Morgan fingerprint density at radius 2 is 0.417 bits per heavy atom. The summed E-state index contributed by atoms with van der Waals surface area (Å²) < 4.78 is 0. The lowest BCUT2D eigenvalue weighted by molar-refractivity contribution is 0.443. The molecule has 0 radical (unpaired) electrons. The molecular weight excluding hydrogens is 889 g/mol. The summed E-state index contributed by atoms with van der Waals surface area (Å²) in [6.45, 7) is 53.4. The van der Waals surface area contributed by atoms with Gasteiger partial charge in [-0.05, 0) is 89.8 Å². The van der Waals surface area contributed by atoms with Gasteiger partial charge in [-0.2, -0.15) is 0 Å². The molecule has 0 saturated carbocycles. The summed E-state index contributed by atoms with van der Waals surface area (Å²) in [6.07, 6.45) is 7.02. The van der Waals surface area contributed by atoms with E-state index in [-0.39, 0.29) is 43.3 Å². The first-order valence-electron chi connectivity index (χ1n) is 26.0. The van der Waals surface area contributed by atoms with Gasteiger partial charge in [-0.25, -0.2) is 0 Å². The second kappa shape index (κ2) is 22.5. The van der Waals surface area contributed by atoms with Gasteiger partial charge in [0.1, 0.15) is 23.0 Å². The monoisotopic (exact) mass is 985 g/mol. The number of aliphatic imine (C=N–C) groups is 4. The van der Waals surface area contributed by atoms with E-state index in [2.05, 4.69) is 210 Å². The minimum Gasteiger partial charge on any atom is -0.507 e. The lowest BCUT2D eigenvalue weighted by Gasteiger charge is -2.27. The van der Waals surface area contributed by atoms with Gasteiger partial charge in [0.05, 0.1) is 26.2 Å². The molecule has 0 bridgehead atoms. The summed E-state index contributed by atoms with van der Waals surface area (Å²) in [5, 5.41) is 43.7. The van der Waals surface area contributed by atoms with Crippen molar-refractivity contribution in [2.45, 2.75) is 209 Å². The first kappa shape index (κ1) is 61.1. The first-order valence-corrected chi connectivity index (χ1v) is 26.0. The third-order valence-electron chi connectivity index (χ3n) is 12.9. The van der Waals surface area contributed by atoms with Gasteiger partial charge in [0, 0.05) is 69.4 Å². The zero-order valence-electron chi connectivity index (χ0n) is 49.3. The van der Waals surface area contributed by atoms with Crippen molar-refractivity contribution in [1.82, 2.24) is 0 Å². The number of benzene rings is 4. The summed E-state index contributed by atoms with van der Waals surface area (Å²) in [4.78, 5) is 18.2. The summed E-state index contributed by atoms with van der Waals surface area (Å²) in [7, 11) is 0. The van der Waals surface area contributed by atoms with E-state index >= 15 is 0 Å². The maximum atomic E-state index is 10.9. The number of phenolic OH excluding ortho intramolecular Hbond substituents is 4. The average Bonchev–Trinajstić information content (AvgIpc) is 3.19. The molecule has 4 N–H and O–H groups in total. The zero-order chi connectivity index (χ0) is 55.4. The van der Waals surface area contributed by atoms with Crippen LogP contribution in [0.1, 0.15) is 233 Å². The van der Waals surface area contributed by atoms with Crippen LogP contribution in [0.3, 0.4) is 0 Å². The molecule has 4 rings (SSSR count). The van der Waals surface area contributed by atoms with Crippen molar-refractivity contribution < 1.29 is 20.4 Å². The van der Waals surface area contributed by atoms with E-state index in [1.54, 1.807) is 24.9 Å². The summed E-state index contributed by atoms with van der Waals surface area (Å²) in [5.74, 6) is 1.17. The number of phenols is 4. The molecule has 0 aliphatic rings. The van der Waals surface area contributed by atoms with Crippen molar-refractivity contribution in [2.75, 3.05) is 26.2 Å². The number of hydrogen-bond acceptors (Lipinski definition) is 8. The number of aromatic hydroxyl groups is 4. The third kappa shape index (κ3) is 16.9. The molecule has 0 amide bonds. The quantitative estimate of drug-likeness (QED) is 0.0931. The Morgan fingerprint density at radius 3 is 0.542 bits per heavy atom. The lowest BCUT2D eigenvalue weighted by Crippen LogP contribution is -2.17. The number of rotatable bonds is 10. The van der Waals surface area contributed by atoms with Crippen LogP contribution in [0.2, 0.25) is 0 Å². The highest BCUT2D eigenvalue weighted by molar-refractivity contribution is 5.87. The minimum absolute atomic E-state index is 0.0317. The number of hydrogen-bond donors (Lipinski definition) is 4. The molecule has 0 atom stereocenters. The van der Waals surface area contributed by atoms with Gasteiger partial charge < -0.3 is 20.4 Å². The highest BCUT2D eigenvalue weighted by atomic mass is 16.3. The third-order valence-corrected chi connectivity index (χ3v) is 12.9. The van der Waals surface area contributed by atoms with Crippen LogP contribution in [-0.4, -0.2) is 71.5 Å². The Labute approximate surface area is 437 Å². The van der Waals surface area contributed by atoms with E-state index in [9.17, 15) is 20.4 Å². The Bertz CT molecular complexity index is 2260. The average molecular weight is 985 g/mol. The van der Waals surface area contributed by atoms with Crippen molar-refractivity contribution in [1.29, 1.82) is 0 Å². The molecule has 396 valence electrons. The van der Waals surface area contributed by atoms with Gasteiger partial charge in [0.15, 0.2) is 0 Å². The molecule has 0 fully saturated rings. The Balaban J connectivity index is 0.000000380. The molecule has 0 aliphatic heterocycles. The zero-order valence-corrected chi connectivity index (χ0v) is 49.3. The molecule has 0 spiro atoms. The maximum Gasteiger partial charge on any atom is 0.128 e. The van der Waals surface area contributed by atoms with Gasteiger partial charge >= 0.3 is 0 Å². The van der Waals surface area contributed by atoms with Gasteiger partial charge in [-0.15, -0.1) is 0 Å². The van der Waals surface area contributed by atoms with E-state index in [1.807, 2.05) is 24.3 Å². The van der Waals surface area contributed by atoms with Crippen LogP contribution in [-0.2, 0) is 43.3 Å². The maximum absolute atomic E-state index is 10.9. The SMILES string of the molecule is CC(C)(C)c1cc(C=NCCN=Cc2cc(C(C)(C)C)cc(C(C)(C)C)c2O)c(O)c(C(C)(C)C)c1.CC(C)(C)c1cc(C=NCCN=Cc2cc(C(C)(C)C)cc(C(C)(C)C)c2O)c(O)c(C(C)(C)C)c1.